The van der Waals surface area contributed by atoms with Crippen LogP contribution in [0.3, 0.4) is 0 Å². The molecule has 0 N–H and O–H groups in total. The largest absolute Gasteiger partial charge is 0.268 e. The highest BCUT2D eigenvalue weighted by Crippen LogP contribution is 2.66. The monoisotopic (exact) mass is 590 g/mol. The van der Waals surface area contributed by atoms with E-state index in [0.717, 1.165) is 17.8 Å². The molecule has 2 aliphatic carbocycles. The molecule has 2 aromatic carbocycles. The van der Waals surface area contributed by atoms with Gasteiger partial charge in [0.05, 0.1) is 11.8 Å². The predicted octanol–water partition coefficient (Wildman–Crippen LogP) is 9.70. The molecule has 2 aliphatic heterocycles. The summed E-state index contributed by atoms with van der Waals surface area (Å²) in [5, 5.41) is 13.4. The fourth-order valence-electron chi connectivity index (χ4n) is 7.63. The number of azo groups is 4. The molecule has 10 heteroatoms. The van der Waals surface area contributed by atoms with E-state index in [2.05, 4.69) is 37.1 Å². The summed E-state index contributed by atoms with van der Waals surface area (Å²) in [4.78, 5) is 0. The molecule has 184 valence electrons. The summed E-state index contributed by atoms with van der Waals surface area (Å²) in [6.45, 7) is 8.79. The van der Waals surface area contributed by atoms with Gasteiger partial charge in [0.1, 0.15) is 31.2 Å². The van der Waals surface area contributed by atoms with Crippen molar-refractivity contribution < 1.29 is 9.39 Å². The van der Waals surface area contributed by atoms with Crippen LogP contribution in [0, 0.1) is 23.7 Å². The summed E-state index contributed by atoms with van der Waals surface area (Å²) in [6, 6.07) is 7.26. The summed E-state index contributed by atoms with van der Waals surface area (Å²) in [5.74, 6) is 1.26. The topological polar surface area (TPSA) is 30.7 Å². The Balaban J connectivity index is 1.47. The van der Waals surface area contributed by atoms with Crippen molar-refractivity contribution in [3.8, 4) is 0 Å². The van der Waals surface area contributed by atoms with E-state index in [9.17, 15) is 0 Å². The lowest BCUT2D eigenvalue weighted by Gasteiger charge is -2.34. The molecule has 0 saturated heterocycles. The molecule has 35 heavy (non-hydrogen) atoms. The zero-order valence-electron chi connectivity index (χ0n) is 19.5. The highest BCUT2D eigenvalue weighted by Gasteiger charge is 2.78. The molecule has 6 rings (SSSR count). The lowest BCUT2D eigenvalue weighted by Crippen LogP contribution is -2.52. The molecule has 0 radical (unpaired) electrons. The van der Waals surface area contributed by atoms with Crippen LogP contribution < -0.4 is 0 Å². The van der Waals surface area contributed by atoms with Crippen LogP contribution in [-0.2, 0) is 0 Å². The molecule has 6 atom stereocenters. The average molecular weight is 593 g/mol. The predicted molar refractivity (Wildman–Crippen MR) is 142 cm³/mol. The minimum atomic E-state index is -0.312. The second-order valence-electron chi connectivity index (χ2n) is 11.2. The van der Waals surface area contributed by atoms with Crippen LogP contribution in [0.1, 0.15) is 34.1 Å². The lowest BCUT2D eigenvalue weighted by molar-refractivity contribution is -0.572. The van der Waals surface area contributed by atoms with Crippen molar-refractivity contribution in [3.63, 3.8) is 0 Å². The van der Waals surface area contributed by atoms with Gasteiger partial charge in [-0.15, -0.1) is 0 Å². The van der Waals surface area contributed by atoms with Crippen molar-refractivity contribution in [2.24, 2.45) is 33.9 Å². The van der Waals surface area contributed by atoms with Crippen LogP contribution in [0.5, 0.6) is 0 Å². The van der Waals surface area contributed by atoms with Gasteiger partial charge < -0.3 is 0 Å². The minimum Gasteiger partial charge on any atom is -0.0842 e. The minimum absolute atomic E-state index is 0.165. The molecule has 0 spiro atoms. The third-order valence-electron chi connectivity index (χ3n) is 8.43. The van der Waals surface area contributed by atoms with Gasteiger partial charge in [-0.3, -0.25) is 0 Å². The van der Waals surface area contributed by atoms with Gasteiger partial charge in [-0.05, 0) is 68.6 Å². The normalized spacial score (nSPS) is 33.5. The molecule has 0 amide bonds. The number of hydrogen-bond acceptors (Lipinski definition) is 2. The fourth-order valence-corrected chi connectivity index (χ4v) is 9.61. The van der Waals surface area contributed by atoms with E-state index in [1.165, 1.54) is 0 Å². The first-order valence-corrected chi connectivity index (χ1v) is 13.9. The maximum absolute atomic E-state index is 6.68. The number of hydrogen-bond donors (Lipinski definition) is 0. The van der Waals surface area contributed by atoms with Crippen LogP contribution >= 0.6 is 69.6 Å². The van der Waals surface area contributed by atoms with Gasteiger partial charge in [-0.2, -0.15) is 0 Å². The van der Waals surface area contributed by atoms with Gasteiger partial charge in [-0.1, -0.05) is 79.0 Å². The van der Waals surface area contributed by atoms with E-state index in [-0.39, 0.29) is 35.0 Å². The van der Waals surface area contributed by atoms with E-state index in [0.29, 0.717) is 42.0 Å². The van der Waals surface area contributed by atoms with Gasteiger partial charge in [0, 0.05) is 21.9 Å². The highest BCUT2D eigenvalue weighted by molar-refractivity contribution is 6.41. The van der Waals surface area contributed by atoms with Crippen LogP contribution in [-0.4, -0.2) is 32.6 Å². The second-order valence-corrected chi connectivity index (χ2v) is 13.7. The summed E-state index contributed by atoms with van der Waals surface area (Å²) >= 11 is 39.2. The van der Waals surface area contributed by atoms with Gasteiger partial charge in [0.15, 0.2) is 12.1 Å². The third-order valence-corrected chi connectivity index (χ3v) is 10.0. The van der Waals surface area contributed by atoms with Crippen molar-refractivity contribution in [3.05, 3.63) is 54.4 Å². The zero-order chi connectivity index (χ0) is 25.2. The first kappa shape index (κ1) is 24.7. The second kappa shape index (κ2) is 7.94. The third kappa shape index (κ3) is 3.47. The van der Waals surface area contributed by atoms with Gasteiger partial charge in [0.2, 0.25) is 0 Å². The number of halogens is 6. The molecule has 2 saturated carbocycles. The molecular weight excluding hydrogens is 569 g/mol. The fraction of sp³-hybridized carbons (Fsp3) is 0.520. The Morgan fingerprint density at radius 3 is 1.26 bits per heavy atom. The molecular formula is C25H24Cl6N4+2. The maximum atomic E-state index is 6.68. The summed E-state index contributed by atoms with van der Waals surface area (Å²) in [7, 11) is 0. The average Bonchev–Trinajstić information content (AvgIpc) is 3.40. The standard InChI is InChI=1S/C25H24Cl6N4/c1-24(2)18-12-9-13(20(18)34(32-24)22-14(28)5-10(26)6-15(22)29)19-21(12)35(33-25(19,3)4)23-16(30)7-11(27)8-17(23)31/h5-8,12-13,18-21H,9H2,1-4H3/q+2/t12-,13-,18+,19+,20-,21-/m1/s1. The van der Waals surface area contributed by atoms with Crippen LogP contribution in [0.2, 0.25) is 30.1 Å². The van der Waals surface area contributed by atoms with E-state index < -0.39 is 0 Å². The molecule has 2 aromatic rings. The van der Waals surface area contributed by atoms with Crippen LogP contribution in [0.25, 0.3) is 0 Å². The molecule has 2 fully saturated rings. The number of fused-ring (bicyclic) bond motifs is 8. The molecule has 2 heterocycles. The zero-order valence-corrected chi connectivity index (χ0v) is 24.1. The van der Waals surface area contributed by atoms with E-state index >= 15 is 0 Å². The van der Waals surface area contributed by atoms with Gasteiger partial charge in [0.25, 0.3) is 11.4 Å². The number of rotatable bonds is 2. The van der Waals surface area contributed by atoms with Crippen molar-refractivity contribution in [2.45, 2.75) is 57.3 Å². The smallest absolute Gasteiger partial charge is 0.0842 e. The van der Waals surface area contributed by atoms with Crippen molar-refractivity contribution in [2.75, 3.05) is 0 Å². The summed E-state index contributed by atoms with van der Waals surface area (Å²) in [5.41, 5.74) is 0.840. The Labute approximate surface area is 234 Å². The quantitative estimate of drug-likeness (QED) is 0.311. The molecule has 2 bridgehead atoms. The molecule has 0 unspecified atom stereocenters. The molecule has 0 aromatic heterocycles. The van der Waals surface area contributed by atoms with Crippen LogP contribution in [0.15, 0.2) is 34.5 Å². The van der Waals surface area contributed by atoms with Gasteiger partial charge >= 0.3 is 0 Å². The number of benzene rings is 2. The Bertz CT molecular complexity index is 1200. The van der Waals surface area contributed by atoms with Crippen molar-refractivity contribution in [1.29, 1.82) is 0 Å². The Hall–Kier alpha value is -0.620. The first-order valence-electron chi connectivity index (χ1n) is 11.6. The van der Waals surface area contributed by atoms with E-state index in [1.807, 2.05) is 0 Å². The maximum Gasteiger partial charge on any atom is 0.268 e. The van der Waals surface area contributed by atoms with Crippen LogP contribution in [0.4, 0.5) is 11.4 Å². The molecule has 4 nitrogen and oxygen atoms in total. The Morgan fingerprint density at radius 1 is 0.629 bits per heavy atom. The Morgan fingerprint density at radius 2 is 0.943 bits per heavy atom. The van der Waals surface area contributed by atoms with E-state index in [1.54, 1.807) is 24.3 Å². The van der Waals surface area contributed by atoms with Crippen molar-refractivity contribution >= 4 is 81.0 Å². The summed E-state index contributed by atoms with van der Waals surface area (Å²) in [6.07, 6.45) is 1.07. The lowest BCUT2D eigenvalue weighted by atomic mass is 9.65. The molecule has 4 aliphatic rings. The summed E-state index contributed by atoms with van der Waals surface area (Å²) < 4.78 is 4.18. The highest BCUT2D eigenvalue weighted by atomic mass is 35.5. The van der Waals surface area contributed by atoms with Gasteiger partial charge in [-0.25, -0.2) is 0 Å². The van der Waals surface area contributed by atoms with Crippen molar-refractivity contribution in [1.82, 2.24) is 0 Å². The first-order chi connectivity index (χ1) is 16.3. The number of nitrogens with zero attached hydrogens (tertiary/aromatic N) is 4. The SMILES string of the molecule is CC1(C)N=[N+](c2c(Cl)cc(Cl)cc2Cl)[C@@H]2[C@@H]3C[C@@H]([C@@H]4[C@H]3C(C)(C)N=[N+]4c3c(Cl)cc(Cl)cc3Cl)[C@@H]21. The van der Waals surface area contributed by atoms with E-state index in [4.69, 9.17) is 79.8 Å². The Kier molecular flexibility index (Phi) is 5.61.